The highest BCUT2D eigenvalue weighted by Crippen LogP contribution is 2.22. The van der Waals surface area contributed by atoms with Gasteiger partial charge in [0.15, 0.2) is 11.6 Å². The van der Waals surface area contributed by atoms with Gasteiger partial charge in [-0.15, -0.1) is 5.10 Å². The van der Waals surface area contributed by atoms with Crippen LogP contribution in [0.25, 0.3) is 0 Å². The van der Waals surface area contributed by atoms with Crippen LogP contribution in [-0.2, 0) is 0 Å². The van der Waals surface area contributed by atoms with Crippen molar-refractivity contribution >= 4 is 0 Å². The van der Waals surface area contributed by atoms with Gasteiger partial charge in [-0.25, -0.2) is 4.39 Å². The Labute approximate surface area is 99.3 Å². The van der Waals surface area contributed by atoms with Gasteiger partial charge in [-0.05, 0) is 24.1 Å². The van der Waals surface area contributed by atoms with Crippen molar-refractivity contribution in [3.8, 4) is 11.6 Å². The minimum Gasteiger partial charge on any atom is -0.434 e. The predicted octanol–water partition coefficient (Wildman–Crippen LogP) is 3.53. The molecule has 0 fully saturated rings. The van der Waals surface area contributed by atoms with Crippen LogP contribution in [0.2, 0.25) is 0 Å². The lowest BCUT2D eigenvalue weighted by Crippen LogP contribution is -1.97. The molecule has 1 aromatic heterocycles. The Bertz CT molecular complexity index is 497. The van der Waals surface area contributed by atoms with Crippen molar-refractivity contribution in [1.29, 1.82) is 0 Å². The molecule has 0 aliphatic heterocycles. The fourth-order valence-corrected chi connectivity index (χ4v) is 1.33. The Morgan fingerprint density at radius 3 is 2.41 bits per heavy atom. The molecule has 2 aromatic rings. The van der Waals surface area contributed by atoms with Crippen molar-refractivity contribution in [3.63, 3.8) is 0 Å². The molecule has 0 saturated carbocycles. The molecule has 0 aliphatic carbocycles. The Balaban J connectivity index is 2.17. The van der Waals surface area contributed by atoms with Crippen molar-refractivity contribution in [3.05, 3.63) is 47.9 Å². The zero-order chi connectivity index (χ0) is 12.3. The molecule has 88 valence electrons. The first-order valence-electron chi connectivity index (χ1n) is 5.43. The molecule has 17 heavy (non-hydrogen) atoms. The summed E-state index contributed by atoms with van der Waals surface area (Å²) in [4.78, 5) is 0. The standard InChI is InChI=1S/C13H13FN2O/c1-9(2)11-7-8-13(16-15-11)17-12-6-4-3-5-10(12)14/h3-9H,1-2H3. The predicted molar refractivity (Wildman–Crippen MR) is 62.6 cm³/mol. The number of hydrogen-bond donors (Lipinski definition) is 0. The van der Waals surface area contributed by atoms with E-state index in [0.717, 1.165) is 5.69 Å². The molecule has 2 rings (SSSR count). The lowest BCUT2D eigenvalue weighted by Gasteiger charge is -2.06. The lowest BCUT2D eigenvalue weighted by atomic mass is 10.1. The smallest absolute Gasteiger partial charge is 0.238 e. The third kappa shape index (κ3) is 2.78. The first kappa shape index (κ1) is 11.5. The first-order valence-corrected chi connectivity index (χ1v) is 5.43. The summed E-state index contributed by atoms with van der Waals surface area (Å²) in [6.45, 7) is 4.06. The molecule has 0 saturated heterocycles. The molecule has 0 amide bonds. The SMILES string of the molecule is CC(C)c1ccc(Oc2ccccc2F)nn1. The normalized spacial score (nSPS) is 10.6. The molecule has 0 radical (unpaired) electrons. The maximum Gasteiger partial charge on any atom is 0.238 e. The highest BCUT2D eigenvalue weighted by Gasteiger charge is 2.06. The van der Waals surface area contributed by atoms with Crippen molar-refractivity contribution in [2.24, 2.45) is 0 Å². The maximum atomic E-state index is 13.3. The van der Waals surface area contributed by atoms with Crippen LogP contribution in [0.1, 0.15) is 25.5 Å². The van der Waals surface area contributed by atoms with E-state index in [0.29, 0.717) is 11.8 Å². The summed E-state index contributed by atoms with van der Waals surface area (Å²) in [5.74, 6) is 0.339. The fraction of sp³-hybridized carbons (Fsp3) is 0.231. The largest absolute Gasteiger partial charge is 0.434 e. The number of para-hydroxylation sites is 1. The van der Waals surface area contributed by atoms with Gasteiger partial charge in [0, 0.05) is 6.07 Å². The number of hydrogen-bond acceptors (Lipinski definition) is 3. The second-order valence-corrected chi connectivity index (χ2v) is 3.98. The van der Waals surface area contributed by atoms with E-state index < -0.39 is 5.82 Å². The Hall–Kier alpha value is -1.97. The van der Waals surface area contributed by atoms with Crippen LogP contribution in [0.3, 0.4) is 0 Å². The van der Waals surface area contributed by atoms with E-state index in [1.54, 1.807) is 24.3 Å². The third-order valence-corrected chi connectivity index (χ3v) is 2.30. The van der Waals surface area contributed by atoms with Crippen LogP contribution >= 0.6 is 0 Å². The van der Waals surface area contributed by atoms with Gasteiger partial charge < -0.3 is 4.74 Å². The molecule has 0 unspecified atom stereocenters. The van der Waals surface area contributed by atoms with E-state index in [-0.39, 0.29) is 5.75 Å². The van der Waals surface area contributed by atoms with Crippen molar-refractivity contribution in [2.75, 3.05) is 0 Å². The van der Waals surface area contributed by atoms with Crippen LogP contribution in [-0.4, -0.2) is 10.2 Å². The zero-order valence-electron chi connectivity index (χ0n) is 9.72. The number of ether oxygens (including phenoxy) is 1. The van der Waals surface area contributed by atoms with Gasteiger partial charge in [0.2, 0.25) is 5.88 Å². The van der Waals surface area contributed by atoms with Crippen molar-refractivity contribution < 1.29 is 9.13 Å². The van der Waals surface area contributed by atoms with Gasteiger partial charge >= 0.3 is 0 Å². The molecule has 1 heterocycles. The van der Waals surface area contributed by atoms with Gasteiger partial charge in [0.05, 0.1) is 5.69 Å². The van der Waals surface area contributed by atoms with Gasteiger partial charge in [-0.2, -0.15) is 5.10 Å². The van der Waals surface area contributed by atoms with Crippen LogP contribution in [0.4, 0.5) is 4.39 Å². The number of rotatable bonds is 3. The van der Waals surface area contributed by atoms with Gasteiger partial charge in [-0.3, -0.25) is 0 Å². The van der Waals surface area contributed by atoms with Crippen LogP contribution < -0.4 is 4.74 Å². The molecule has 0 aliphatic rings. The quantitative estimate of drug-likeness (QED) is 0.812. The number of halogens is 1. The third-order valence-electron chi connectivity index (χ3n) is 2.30. The van der Waals surface area contributed by atoms with Crippen molar-refractivity contribution in [1.82, 2.24) is 10.2 Å². The van der Waals surface area contributed by atoms with E-state index in [1.807, 2.05) is 19.9 Å². The van der Waals surface area contributed by atoms with Crippen molar-refractivity contribution in [2.45, 2.75) is 19.8 Å². The minimum absolute atomic E-state index is 0.152. The molecule has 1 aromatic carbocycles. The highest BCUT2D eigenvalue weighted by atomic mass is 19.1. The molecule has 4 heteroatoms. The summed E-state index contributed by atoms with van der Waals surface area (Å²) < 4.78 is 18.6. The molecule has 0 spiro atoms. The average Bonchev–Trinajstić information content (AvgIpc) is 2.33. The summed E-state index contributed by atoms with van der Waals surface area (Å²) >= 11 is 0. The Morgan fingerprint density at radius 2 is 1.82 bits per heavy atom. The molecule has 0 N–H and O–H groups in total. The molecular formula is C13H13FN2O. The highest BCUT2D eigenvalue weighted by molar-refractivity contribution is 5.28. The zero-order valence-corrected chi connectivity index (χ0v) is 9.72. The average molecular weight is 232 g/mol. The molecule has 3 nitrogen and oxygen atoms in total. The summed E-state index contributed by atoms with van der Waals surface area (Å²) in [6, 6.07) is 9.71. The van der Waals surface area contributed by atoms with Gasteiger partial charge in [0.25, 0.3) is 0 Å². The van der Waals surface area contributed by atoms with Crippen LogP contribution in [0.5, 0.6) is 11.6 Å². The van der Waals surface area contributed by atoms with E-state index in [4.69, 9.17) is 4.74 Å². The summed E-state index contributed by atoms with van der Waals surface area (Å²) in [5.41, 5.74) is 0.880. The molecule has 0 atom stereocenters. The van der Waals surface area contributed by atoms with E-state index >= 15 is 0 Å². The molecular weight excluding hydrogens is 219 g/mol. The second-order valence-electron chi connectivity index (χ2n) is 3.98. The Morgan fingerprint density at radius 1 is 1.06 bits per heavy atom. The number of benzene rings is 1. The first-order chi connectivity index (χ1) is 8.16. The number of aromatic nitrogens is 2. The maximum absolute atomic E-state index is 13.3. The fourth-order valence-electron chi connectivity index (χ4n) is 1.33. The topological polar surface area (TPSA) is 35.0 Å². The summed E-state index contributed by atoms with van der Waals surface area (Å²) in [5, 5.41) is 7.90. The minimum atomic E-state index is -0.415. The Kier molecular flexibility index (Phi) is 3.32. The van der Waals surface area contributed by atoms with Gasteiger partial charge in [0.1, 0.15) is 0 Å². The van der Waals surface area contributed by atoms with Gasteiger partial charge in [-0.1, -0.05) is 26.0 Å². The van der Waals surface area contributed by atoms with Crippen LogP contribution in [0.15, 0.2) is 36.4 Å². The number of nitrogens with zero attached hydrogens (tertiary/aromatic N) is 2. The van der Waals surface area contributed by atoms with E-state index in [2.05, 4.69) is 10.2 Å². The second kappa shape index (κ2) is 4.91. The monoisotopic (exact) mass is 232 g/mol. The van der Waals surface area contributed by atoms with E-state index in [1.165, 1.54) is 6.07 Å². The molecule has 0 bridgehead atoms. The lowest BCUT2D eigenvalue weighted by molar-refractivity contribution is 0.420. The summed E-state index contributed by atoms with van der Waals surface area (Å²) in [6.07, 6.45) is 0. The van der Waals surface area contributed by atoms with Crippen LogP contribution in [0, 0.1) is 5.82 Å². The summed E-state index contributed by atoms with van der Waals surface area (Å²) in [7, 11) is 0. The van der Waals surface area contributed by atoms with E-state index in [9.17, 15) is 4.39 Å².